The summed E-state index contributed by atoms with van der Waals surface area (Å²) >= 11 is 0. The molecule has 32 heavy (non-hydrogen) atoms. The molecule has 1 saturated heterocycles. The first-order chi connectivity index (χ1) is 15.5. The highest BCUT2D eigenvalue weighted by Gasteiger charge is 2.23. The van der Waals surface area contributed by atoms with E-state index in [1.54, 1.807) is 13.0 Å². The maximum absolute atomic E-state index is 12.6. The standard InChI is InChI=1S/C25H29N3O4/c1-18(29)27-15-12-20(13-16-27)21-10-11-22-23(17-21)32-25(31)28(22)24(30)26-14-6-5-9-19-7-3-2-4-8-19/h2-4,7-8,10-11,17,20H,5-6,9,12-16H2,1H3,(H,26,30). The molecule has 0 bridgehead atoms. The maximum atomic E-state index is 12.6. The zero-order valence-electron chi connectivity index (χ0n) is 18.4. The predicted octanol–water partition coefficient (Wildman–Crippen LogP) is 3.90. The Labute approximate surface area is 187 Å². The lowest BCUT2D eigenvalue weighted by molar-refractivity contribution is -0.129. The molecule has 1 fully saturated rings. The van der Waals surface area contributed by atoms with Crippen LogP contribution in [0.5, 0.6) is 0 Å². The number of hydrogen-bond donors (Lipinski definition) is 1. The molecule has 2 amide bonds. The predicted molar refractivity (Wildman–Crippen MR) is 123 cm³/mol. The minimum Gasteiger partial charge on any atom is -0.407 e. The Hall–Kier alpha value is -3.35. The van der Waals surface area contributed by atoms with Gasteiger partial charge in [-0.25, -0.2) is 9.59 Å². The third-order valence-corrected chi connectivity index (χ3v) is 6.23. The molecule has 7 nitrogen and oxygen atoms in total. The van der Waals surface area contributed by atoms with Crippen molar-refractivity contribution in [3.05, 3.63) is 70.2 Å². The van der Waals surface area contributed by atoms with Crippen molar-refractivity contribution in [3.63, 3.8) is 0 Å². The fraction of sp³-hybridized carbons (Fsp3) is 0.400. The van der Waals surface area contributed by atoms with E-state index in [0.29, 0.717) is 23.6 Å². The minimum atomic E-state index is -0.676. The molecule has 0 saturated carbocycles. The monoisotopic (exact) mass is 435 g/mol. The highest BCUT2D eigenvalue weighted by molar-refractivity contribution is 5.88. The zero-order chi connectivity index (χ0) is 22.5. The van der Waals surface area contributed by atoms with Crippen molar-refractivity contribution < 1.29 is 14.0 Å². The van der Waals surface area contributed by atoms with Crippen LogP contribution in [0.15, 0.2) is 57.7 Å². The van der Waals surface area contributed by atoms with E-state index in [-0.39, 0.29) is 5.91 Å². The SMILES string of the molecule is CC(=O)N1CCC(c2ccc3c(c2)oc(=O)n3C(=O)NCCCCc2ccccc2)CC1. The van der Waals surface area contributed by atoms with Gasteiger partial charge in [-0.05, 0) is 61.3 Å². The van der Waals surface area contributed by atoms with Crippen LogP contribution in [-0.2, 0) is 11.2 Å². The van der Waals surface area contributed by atoms with E-state index in [1.807, 2.05) is 35.2 Å². The molecule has 3 aromatic rings. The molecule has 1 aliphatic rings. The van der Waals surface area contributed by atoms with Crippen LogP contribution in [-0.4, -0.2) is 41.0 Å². The Balaban J connectivity index is 1.36. The average Bonchev–Trinajstić information content (AvgIpc) is 3.14. The highest BCUT2D eigenvalue weighted by atomic mass is 16.4. The molecule has 168 valence electrons. The number of hydrogen-bond acceptors (Lipinski definition) is 4. The van der Waals surface area contributed by atoms with Crippen molar-refractivity contribution in [1.82, 2.24) is 14.8 Å². The van der Waals surface area contributed by atoms with Gasteiger partial charge in [0.05, 0.1) is 5.52 Å². The number of oxazole rings is 1. The lowest BCUT2D eigenvalue weighted by Crippen LogP contribution is -2.36. The topological polar surface area (TPSA) is 84.6 Å². The summed E-state index contributed by atoms with van der Waals surface area (Å²) in [7, 11) is 0. The number of carbonyl (C=O) groups excluding carboxylic acids is 2. The molecule has 1 aromatic heterocycles. The number of likely N-dealkylation sites (tertiary alicyclic amines) is 1. The second-order valence-corrected chi connectivity index (χ2v) is 8.39. The second kappa shape index (κ2) is 9.85. The van der Waals surface area contributed by atoms with Gasteiger partial charge in [0.15, 0.2) is 5.58 Å². The van der Waals surface area contributed by atoms with Gasteiger partial charge < -0.3 is 14.6 Å². The number of rotatable bonds is 6. The van der Waals surface area contributed by atoms with Crippen molar-refractivity contribution in [3.8, 4) is 0 Å². The third kappa shape index (κ3) is 4.93. The fourth-order valence-corrected chi connectivity index (χ4v) is 4.38. The molecular weight excluding hydrogens is 406 g/mol. The number of fused-ring (bicyclic) bond motifs is 1. The van der Waals surface area contributed by atoms with Crippen LogP contribution in [0.3, 0.4) is 0 Å². The van der Waals surface area contributed by atoms with Gasteiger partial charge in [0.25, 0.3) is 0 Å². The number of benzene rings is 2. The third-order valence-electron chi connectivity index (χ3n) is 6.23. The molecular formula is C25H29N3O4. The van der Waals surface area contributed by atoms with Crippen LogP contribution < -0.4 is 11.1 Å². The van der Waals surface area contributed by atoms with Gasteiger partial charge in [0.1, 0.15) is 0 Å². The first-order valence-corrected chi connectivity index (χ1v) is 11.3. The first-order valence-electron chi connectivity index (χ1n) is 11.3. The highest BCUT2D eigenvalue weighted by Crippen LogP contribution is 2.30. The summed E-state index contributed by atoms with van der Waals surface area (Å²) in [5.41, 5.74) is 3.24. The van der Waals surface area contributed by atoms with Crippen molar-refractivity contribution in [2.75, 3.05) is 19.6 Å². The number of unbranched alkanes of at least 4 members (excludes halogenated alkanes) is 1. The Morgan fingerprint density at radius 2 is 1.81 bits per heavy atom. The molecule has 0 atom stereocenters. The molecule has 4 rings (SSSR count). The van der Waals surface area contributed by atoms with Crippen molar-refractivity contribution in [2.24, 2.45) is 0 Å². The van der Waals surface area contributed by atoms with Crippen molar-refractivity contribution in [2.45, 2.75) is 44.9 Å². The minimum absolute atomic E-state index is 0.105. The van der Waals surface area contributed by atoms with Crippen LogP contribution in [0.1, 0.15) is 49.7 Å². The number of nitrogens with one attached hydrogen (secondary N) is 1. The number of carbonyl (C=O) groups is 2. The lowest BCUT2D eigenvalue weighted by Gasteiger charge is -2.31. The van der Waals surface area contributed by atoms with Gasteiger partial charge in [-0.15, -0.1) is 0 Å². The van der Waals surface area contributed by atoms with Gasteiger partial charge in [0, 0.05) is 26.6 Å². The average molecular weight is 436 g/mol. The van der Waals surface area contributed by atoms with Crippen LogP contribution in [0.25, 0.3) is 11.1 Å². The fourth-order valence-electron chi connectivity index (χ4n) is 4.38. The largest absolute Gasteiger partial charge is 0.428 e. The summed E-state index contributed by atoms with van der Waals surface area (Å²) in [6, 6.07) is 15.4. The molecule has 7 heteroatoms. The smallest absolute Gasteiger partial charge is 0.407 e. The van der Waals surface area contributed by atoms with Crippen molar-refractivity contribution in [1.29, 1.82) is 0 Å². The Morgan fingerprint density at radius 3 is 2.53 bits per heavy atom. The Kier molecular flexibility index (Phi) is 6.73. The summed E-state index contributed by atoms with van der Waals surface area (Å²) in [4.78, 5) is 38.4. The van der Waals surface area contributed by atoms with Gasteiger partial charge in [-0.2, -0.15) is 4.57 Å². The van der Waals surface area contributed by atoms with E-state index in [1.165, 1.54) is 5.56 Å². The van der Waals surface area contributed by atoms with E-state index >= 15 is 0 Å². The number of amides is 2. The summed E-state index contributed by atoms with van der Waals surface area (Å²) in [5.74, 6) is -0.263. The first kappa shape index (κ1) is 21.9. The van der Waals surface area contributed by atoms with Crippen molar-refractivity contribution >= 4 is 23.0 Å². The molecule has 1 N–H and O–H groups in total. The normalized spacial score (nSPS) is 14.6. The van der Waals surface area contributed by atoms with Gasteiger partial charge in [0.2, 0.25) is 5.91 Å². The molecule has 0 radical (unpaired) electrons. The number of aromatic nitrogens is 1. The maximum Gasteiger partial charge on any atom is 0.428 e. The summed E-state index contributed by atoms with van der Waals surface area (Å²) in [6.45, 7) is 3.56. The molecule has 2 heterocycles. The Morgan fingerprint density at radius 1 is 1.06 bits per heavy atom. The summed E-state index contributed by atoms with van der Waals surface area (Å²) in [5, 5.41) is 2.82. The molecule has 1 aliphatic heterocycles. The lowest BCUT2D eigenvalue weighted by atomic mass is 9.89. The van der Waals surface area contributed by atoms with Gasteiger partial charge >= 0.3 is 11.8 Å². The molecule has 2 aromatic carbocycles. The van der Waals surface area contributed by atoms with E-state index in [2.05, 4.69) is 17.4 Å². The molecule has 0 aliphatic carbocycles. The van der Waals surface area contributed by atoms with E-state index < -0.39 is 11.8 Å². The van der Waals surface area contributed by atoms with Crippen LogP contribution >= 0.6 is 0 Å². The quantitative estimate of drug-likeness (QED) is 0.595. The Bertz CT molecular complexity index is 1140. The molecule has 0 unspecified atom stereocenters. The molecule has 0 spiro atoms. The van der Waals surface area contributed by atoms with Crippen LogP contribution in [0.2, 0.25) is 0 Å². The second-order valence-electron chi connectivity index (χ2n) is 8.39. The van der Waals surface area contributed by atoms with Crippen LogP contribution in [0.4, 0.5) is 4.79 Å². The van der Waals surface area contributed by atoms with Gasteiger partial charge in [-0.3, -0.25) is 4.79 Å². The zero-order valence-corrected chi connectivity index (χ0v) is 18.4. The van der Waals surface area contributed by atoms with Crippen LogP contribution in [0, 0.1) is 0 Å². The number of nitrogens with zero attached hydrogens (tertiary/aromatic N) is 2. The number of piperidine rings is 1. The number of aryl methyl sites for hydroxylation is 1. The van der Waals surface area contributed by atoms with E-state index in [0.717, 1.165) is 55.3 Å². The van der Waals surface area contributed by atoms with Gasteiger partial charge in [-0.1, -0.05) is 36.4 Å². The van der Waals surface area contributed by atoms with E-state index in [9.17, 15) is 14.4 Å². The van der Waals surface area contributed by atoms with E-state index in [4.69, 9.17) is 4.42 Å². The summed E-state index contributed by atoms with van der Waals surface area (Å²) in [6.07, 6.45) is 4.49. The summed E-state index contributed by atoms with van der Waals surface area (Å²) < 4.78 is 6.44.